The molecule has 0 radical (unpaired) electrons. The van der Waals surface area contributed by atoms with Gasteiger partial charge in [-0.1, -0.05) is 31.2 Å². The first-order valence-electron chi connectivity index (χ1n) is 7.11. The second-order valence-electron chi connectivity index (χ2n) is 5.54. The summed E-state index contributed by atoms with van der Waals surface area (Å²) in [5.74, 6) is 0.418. The van der Waals surface area contributed by atoms with Crippen molar-refractivity contribution in [3.05, 3.63) is 36.0 Å². The van der Waals surface area contributed by atoms with E-state index in [2.05, 4.69) is 17.2 Å². The molecular weight excluding hydrogens is 250 g/mol. The number of rotatable bonds is 3. The molecule has 3 rings (SSSR count). The number of hydrogen-bond donors (Lipinski definition) is 2. The number of benzene rings is 1. The third kappa shape index (κ3) is 2.01. The Morgan fingerprint density at radius 3 is 2.65 bits per heavy atom. The Hall–Kier alpha value is -2.10. The summed E-state index contributed by atoms with van der Waals surface area (Å²) < 4.78 is 0. The van der Waals surface area contributed by atoms with Gasteiger partial charge >= 0.3 is 0 Å². The summed E-state index contributed by atoms with van der Waals surface area (Å²) in [6.07, 6.45) is 5.87. The average molecular weight is 269 g/mol. The Morgan fingerprint density at radius 1 is 1.35 bits per heavy atom. The van der Waals surface area contributed by atoms with Gasteiger partial charge in [0.2, 0.25) is 0 Å². The van der Waals surface area contributed by atoms with Crippen molar-refractivity contribution in [2.45, 2.75) is 38.1 Å². The molecule has 4 nitrogen and oxygen atoms in total. The molecule has 0 aliphatic heterocycles. The molecular formula is C16H19N3O. The first-order valence-corrected chi connectivity index (χ1v) is 7.11. The van der Waals surface area contributed by atoms with Gasteiger partial charge in [-0.3, -0.25) is 4.79 Å². The van der Waals surface area contributed by atoms with Gasteiger partial charge in [-0.05, 0) is 31.1 Å². The summed E-state index contributed by atoms with van der Waals surface area (Å²) in [6.45, 7) is 2.12. The van der Waals surface area contributed by atoms with Gasteiger partial charge in [-0.15, -0.1) is 0 Å². The monoisotopic (exact) mass is 269 g/mol. The first-order chi connectivity index (χ1) is 9.65. The van der Waals surface area contributed by atoms with E-state index in [4.69, 9.17) is 5.73 Å². The number of fused-ring (bicyclic) bond motifs is 1. The van der Waals surface area contributed by atoms with Gasteiger partial charge in [0.1, 0.15) is 5.82 Å². The SMILES string of the molecule is CCC1(NC(=O)c2cnc(N)c3ccccc23)CCC1. The number of hydrogen-bond acceptors (Lipinski definition) is 3. The van der Waals surface area contributed by atoms with Crippen molar-refractivity contribution in [1.29, 1.82) is 0 Å². The minimum atomic E-state index is -0.0461. The molecule has 0 saturated heterocycles. The lowest BCUT2D eigenvalue weighted by Gasteiger charge is -2.42. The molecule has 1 aromatic heterocycles. The van der Waals surface area contributed by atoms with E-state index in [0.717, 1.165) is 30.0 Å². The molecule has 2 aromatic rings. The van der Waals surface area contributed by atoms with Crippen molar-refractivity contribution in [3.8, 4) is 0 Å². The Morgan fingerprint density at radius 2 is 2.05 bits per heavy atom. The third-order valence-corrected chi connectivity index (χ3v) is 4.44. The van der Waals surface area contributed by atoms with Crippen LogP contribution in [0.4, 0.5) is 5.82 Å². The maximum absolute atomic E-state index is 12.5. The van der Waals surface area contributed by atoms with Gasteiger partial charge in [-0.2, -0.15) is 0 Å². The maximum atomic E-state index is 12.5. The Labute approximate surface area is 118 Å². The van der Waals surface area contributed by atoms with Crippen molar-refractivity contribution < 1.29 is 4.79 Å². The first kappa shape index (κ1) is 12.9. The van der Waals surface area contributed by atoms with Crippen LogP contribution in [0.2, 0.25) is 0 Å². The molecule has 1 heterocycles. The van der Waals surface area contributed by atoms with Crippen LogP contribution in [0.1, 0.15) is 43.0 Å². The van der Waals surface area contributed by atoms with Crippen molar-refractivity contribution in [2.24, 2.45) is 0 Å². The smallest absolute Gasteiger partial charge is 0.253 e. The van der Waals surface area contributed by atoms with Crippen LogP contribution in [0, 0.1) is 0 Å². The highest BCUT2D eigenvalue weighted by Crippen LogP contribution is 2.35. The highest BCUT2D eigenvalue weighted by atomic mass is 16.1. The number of nitrogen functional groups attached to an aromatic ring is 1. The third-order valence-electron chi connectivity index (χ3n) is 4.44. The number of nitrogens with two attached hydrogens (primary N) is 1. The van der Waals surface area contributed by atoms with Crippen LogP contribution >= 0.6 is 0 Å². The Kier molecular flexibility index (Phi) is 3.08. The summed E-state index contributed by atoms with van der Waals surface area (Å²) in [6, 6.07) is 7.63. The van der Waals surface area contributed by atoms with E-state index in [1.54, 1.807) is 6.20 Å². The van der Waals surface area contributed by atoms with Gasteiger partial charge in [0.25, 0.3) is 5.91 Å². The van der Waals surface area contributed by atoms with Gasteiger partial charge in [0.05, 0.1) is 5.56 Å². The molecule has 1 saturated carbocycles. The number of pyridine rings is 1. The Balaban J connectivity index is 1.98. The standard InChI is InChI=1S/C16H19N3O/c1-2-16(8-5-9-16)19-15(20)13-10-18-14(17)12-7-4-3-6-11(12)13/h3-4,6-7,10H,2,5,8-9H2,1H3,(H2,17,18)(H,19,20). The molecule has 0 unspecified atom stereocenters. The second-order valence-corrected chi connectivity index (χ2v) is 5.54. The molecule has 1 fully saturated rings. The molecule has 104 valence electrons. The van der Waals surface area contributed by atoms with Crippen molar-refractivity contribution >= 4 is 22.5 Å². The average Bonchev–Trinajstić information content (AvgIpc) is 2.43. The van der Waals surface area contributed by atoms with E-state index in [9.17, 15) is 4.79 Å². The van der Waals surface area contributed by atoms with E-state index < -0.39 is 0 Å². The summed E-state index contributed by atoms with van der Waals surface area (Å²) >= 11 is 0. The molecule has 0 atom stereocenters. The minimum absolute atomic E-state index is 0.0143. The van der Waals surface area contributed by atoms with E-state index >= 15 is 0 Å². The molecule has 20 heavy (non-hydrogen) atoms. The molecule has 0 bridgehead atoms. The van der Waals surface area contributed by atoms with Crippen LogP contribution in [0.3, 0.4) is 0 Å². The molecule has 0 spiro atoms. The summed E-state index contributed by atoms with van der Waals surface area (Å²) in [4.78, 5) is 16.7. The molecule has 1 aliphatic rings. The van der Waals surface area contributed by atoms with Gasteiger partial charge in [0.15, 0.2) is 0 Å². The number of nitrogens with one attached hydrogen (secondary N) is 1. The number of carbonyl (C=O) groups is 1. The number of nitrogens with zero attached hydrogens (tertiary/aromatic N) is 1. The Bertz CT molecular complexity index is 656. The largest absolute Gasteiger partial charge is 0.383 e. The number of anilines is 1. The lowest BCUT2D eigenvalue weighted by atomic mass is 9.74. The summed E-state index contributed by atoms with van der Waals surface area (Å²) in [5, 5.41) is 4.88. The second kappa shape index (κ2) is 4.78. The fraction of sp³-hybridized carbons (Fsp3) is 0.375. The normalized spacial score (nSPS) is 16.6. The fourth-order valence-electron chi connectivity index (χ4n) is 2.87. The van der Waals surface area contributed by atoms with E-state index in [1.807, 2.05) is 24.3 Å². The number of aromatic nitrogens is 1. The van der Waals surface area contributed by atoms with Gasteiger partial charge in [0, 0.05) is 17.1 Å². The van der Waals surface area contributed by atoms with Crippen molar-refractivity contribution in [1.82, 2.24) is 10.3 Å². The van der Waals surface area contributed by atoms with Crippen LogP contribution in [0.25, 0.3) is 10.8 Å². The molecule has 1 aliphatic carbocycles. The van der Waals surface area contributed by atoms with E-state index in [0.29, 0.717) is 11.4 Å². The number of carbonyl (C=O) groups excluding carboxylic acids is 1. The van der Waals surface area contributed by atoms with Crippen LogP contribution in [-0.4, -0.2) is 16.4 Å². The highest BCUT2D eigenvalue weighted by Gasteiger charge is 2.36. The van der Waals surface area contributed by atoms with Crippen LogP contribution < -0.4 is 11.1 Å². The molecule has 4 heteroatoms. The molecule has 1 amide bonds. The van der Waals surface area contributed by atoms with Crippen LogP contribution in [0.15, 0.2) is 30.5 Å². The van der Waals surface area contributed by atoms with E-state index in [1.165, 1.54) is 6.42 Å². The summed E-state index contributed by atoms with van der Waals surface area (Å²) in [5.41, 5.74) is 6.46. The van der Waals surface area contributed by atoms with E-state index in [-0.39, 0.29) is 11.4 Å². The summed E-state index contributed by atoms with van der Waals surface area (Å²) in [7, 11) is 0. The van der Waals surface area contributed by atoms with Crippen molar-refractivity contribution in [3.63, 3.8) is 0 Å². The zero-order chi connectivity index (χ0) is 14.2. The predicted octanol–water partition coefficient (Wildman–Crippen LogP) is 2.88. The molecule has 1 aromatic carbocycles. The zero-order valence-corrected chi connectivity index (χ0v) is 11.6. The number of amides is 1. The topological polar surface area (TPSA) is 68.0 Å². The zero-order valence-electron chi connectivity index (χ0n) is 11.6. The van der Waals surface area contributed by atoms with Gasteiger partial charge < -0.3 is 11.1 Å². The molecule has 3 N–H and O–H groups in total. The van der Waals surface area contributed by atoms with Gasteiger partial charge in [-0.25, -0.2) is 4.98 Å². The fourth-order valence-corrected chi connectivity index (χ4v) is 2.87. The maximum Gasteiger partial charge on any atom is 0.253 e. The lowest BCUT2D eigenvalue weighted by Crippen LogP contribution is -2.53. The van der Waals surface area contributed by atoms with Crippen molar-refractivity contribution in [2.75, 3.05) is 5.73 Å². The highest BCUT2D eigenvalue weighted by molar-refractivity contribution is 6.09. The lowest BCUT2D eigenvalue weighted by molar-refractivity contribution is 0.0822. The van der Waals surface area contributed by atoms with Crippen LogP contribution in [0.5, 0.6) is 0 Å². The minimum Gasteiger partial charge on any atom is -0.383 e. The van der Waals surface area contributed by atoms with Crippen LogP contribution in [-0.2, 0) is 0 Å². The predicted molar refractivity (Wildman–Crippen MR) is 80.5 cm³/mol. The quantitative estimate of drug-likeness (QED) is 0.900.